The standard InChI is InChI=1S/C30H20ClF2N5O2/c1-16(37-29-25-23(39)10-11-34-28(25)35-15-36-29)27-26(31)22-9-5-8-21(17-12-18(32)14-19(33)13-17)24(22)30(40)38(27)20-6-3-2-4-7-20/h2-16H,1H3,(H2,34,35,36,37,39)/t16-/m0/s1. The molecule has 3 heterocycles. The number of fused-ring (bicyclic) bond motifs is 2. The number of nitrogens with one attached hydrogen (secondary N) is 2. The number of aromatic nitrogens is 4. The van der Waals surface area contributed by atoms with Crippen LogP contribution in [0.3, 0.4) is 0 Å². The first-order valence-electron chi connectivity index (χ1n) is 12.3. The predicted molar refractivity (Wildman–Crippen MR) is 152 cm³/mol. The van der Waals surface area contributed by atoms with Gasteiger partial charge in [0.1, 0.15) is 34.8 Å². The predicted octanol–water partition coefficient (Wildman–Crippen LogP) is 6.39. The third-order valence-corrected chi connectivity index (χ3v) is 7.08. The molecule has 2 N–H and O–H groups in total. The second kappa shape index (κ2) is 10.0. The van der Waals surface area contributed by atoms with Crippen molar-refractivity contribution in [2.45, 2.75) is 13.0 Å². The van der Waals surface area contributed by atoms with Crippen molar-refractivity contribution in [3.05, 3.63) is 128 Å². The van der Waals surface area contributed by atoms with Crippen molar-refractivity contribution in [2.75, 3.05) is 5.32 Å². The van der Waals surface area contributed by atoms with Crippen molar-refractivity contribution >= 4 is 39.2 Å². The molecule has 0 bridgehead atoms. The summed E-state index contributed by atoms with van der Waals surface area (Å²) in [4.78, 5) is 38.3. The Morgan fingerprint density at radius 3 is 2.42 bits per heavy atom. The van der Waals surface area contributed by atoms with E-state index < -0.39 is 23.2 Å². The lowest BCUT2D eigenvalue weighted by Crippen LogP contribution is -2.27. The molecule has 0 spiro atoms. The van der Waals surface area contributed by atoms with E-state index in [2.05, 4.69) is 20.3 Å². The van der Waals surface area contributed by atoms with Crippen LogP contribution in [0.25, 0.3) is 38.6 Å². The molecule has 7 nitrogen and oxygen atoms in total. The molecular formula is C30H20ClF2N5O2. The van der Waals surface area contributed by atoms with E-state index in [0.29, 0.717) is 28.0 Å². The van der Waals surface area contributed by atoms with Crippen LogP contribution in [0.15, 0.2) is 94.9 Å². The van der Waals surface area contributed by atoms with Crippen LogP contribution in [0.1, 0.15) is 18.7 Å². The third-order valence-electron chi connectivity index (χ3n) is 6.68. The maximum atomic E-state index is 14.3. The van der Waals surface area contributed by atoms with E-state index in [1.54, 1.807) is 49.4 Å². The van der Waals surface area contributed by atoms with Crippen LogP contribution in [0.4, 0.5) is 14.6 Å². The first-order chi connectivity index (χ1) is 19.3. The van der Waals surface area contributed by atoms with Gasteiger partial charge in [-0.1, -0.05) is 48.0 Å². The van der Waals surface area contributed by atoms with Gasteiger partial charge in [-0.05, 0) is 42.3 Å². The van der Waals surface area contributed by atoms with E-state index in [-0.39, 0.29) is 32.6 Å². The highest BCUT2D eigenvalue weighted by Gasteiger charge is 2.24. The third kappa shape index (κ3) is 4.30. The first-order valence-corrected chi connectivity index (χ1v) is 12.7. The molecular weight excluding hydrogens is 536 g/mol. The van der Waals surface area contributed by atoms with Gasteiger partial charge in [-0.25, -0.2) is 18.7 Å². The molecule has 0 aliphatic heterocycles. The summed E-state index contributed by atoms with van der Waals surface area (Å²) >= 11 is 7.05. The summed E-state index contributed by atoms with van der Waals surface area (Å²) in [6, 6.07) is 17.8. The van der Waals surface area contributed by atoms with Crippen molar-refractivity contribution in [2.24, 2.45) is 0 Å². The fraction of sp³-hybridized carbons (Fsp3) is 0.0667. The number of benzene rings is 3. The van der Waals surface area contributed by atoms with Crippen LogP contribution in [0.2, 0.25) is 5.02 Å². The molecule has 0 aliphatic carbocycles. The van der Waals surface area contributed by atoms with Gasteiger partial charge in [-0.15, -0.1) is 0 Å². The van der Waals surface area contributed by atoms with Gasteiger partial charge in [0, 0.05) is 29.4 Å². The minimum atomic E-state index is -0.761. The zero-order chi connectivity index (χ0) is 28.0. The molecule has 198 valence electrons. The number of nitrogens with zero attached hydrogens (tertiary/aromatic N) is 3. The van der Waals surface area contributed by atoms with Gasteiger partial charge < -0.3 is 10.3 Å². The number of hydrogen-bond donors (Lipinski definition) is 2. The minimum absolute atomic E-state index is 0.209. The number of hydrogen-bond acceptors (Lipinski definition) is 5. The molecule has 10 heteroatoms. The Kier molecular flexibility index (Phi) is 6.36. The quantitative estimate of drug-likeness (QED) is 0.257. The summed E-state index contributed by atoms with van der Waals surface area (Å²) in [6.45, 7) is 1.79. The maximum absolute atomic E-state index is 14.3. The molecule has 40 heavy (non-hydrogen) atoms. The molecule has 3 aromatic carbocycles. The molecule has 0 aliphatic rings. The van der Waals surface area contributed by atoms with Gasteiger partial charge in [-0.2, -0.15) is 0 Å². The average molecular weight is 556 g/mol. The normalized spacial score (nSPS) is 12.1. The second-order valence-electron chi connectivity index (χ2n) is 9.22. The van der Waals surface area contributed by atoms with Crippen molar-refractivity contribution in [3.63, 3.8) is 0 Å². The Balaban J connectivity index is 1.63. The SMILES string of the molecule is C[C@H](Nc1ncnc2[nH]ccc(=O)c12)c1c(Cl)c2cccc(-c3cc(F)cc(F)c3)c2c(=O)n1-c1ccccc1. The highest BCUT2D eigenvalue weighted by Crippen LogP contribution is 2.36. The van der Waals surface area contributed by atoms with E-state index in [1.807, 2.05) is 6.07 Å². The monoisotopic (exact) mass is 555 g/mol. The Morgan fingerprint density at radius 1 is 0.925 bits per heavy atom. The van der Waals surface area contributed by atoms with Crippen LogP contribution >= 0.6 is 11.6 Å². The Bertz CT molecular complexity index is 2020. The first kappa shape index (κ1) is 25.4. The van der Waals surface area contributed by atoms with Gasteiger partial charge in [0.15, 0.2) is 5.43 Å². The molecule has 6 aromatic rings. The number of anilines is 1. The van der Waals surface area contributed by atoms with Crippen molar-refractivity contribution in [1.29, 1.82) is 0 Å². The van der Waals surface area contributed by atoms with Gasteiger partial charge in [-0.3, -0.25) is 14.2 Å². The number of rotatable bonds is 5. The summed E-state index contributed by atoms with van der Waals surface area (Å²) in [5.74, 6) is -1.25. The van der Waals surface area contributed by atoms with E-state index in [4.69, 9.17) is 11.6 Å². The molecule has 0 fully saturated rings. The molecule has 0 unspecified atom stereocenters. The van der Waals surface area contributed by atoms with Gasteiger partial charge in [0.05, 0.1) is 22.1 Å². The number of halogens is 3. The highest BCUT2D eigenvalue weighted by atomic mass is 35.5. The van der Waals surface area contributed by atoms with E-state index >= 15 is 0 Å². The van der Waals surface area contributed by atoms with Crippen LogP contribution in [-0.2, 0) is 0 Å². The Morgan fingerprint density at radius 2 is 1.68 bits per heavy atom. The van der Waals surface area contributed by atoms with Gasteiger partial charge in [0.25, 0.3) is 5.56 Å². The van der Waals surface area contributed by atoms with Crippen LogP contribution in [0.5, 0.6) is 0 Å². The van der Waals surface area contributed by atoms with Crippen LogP contribution in [0, 0.1) is 11.6 Å². The highest BCUT2D eigenvalue weighted by molar-refractivity contribution is 6.36. The maximum Gasteiger partial charge on any atom is 0.263 e. The van der Waals surface area contributed by atoms with Crippen molar-refractivity contribution < 1.29 is 8.78 Å². The zero-order valence-corrected chi connectivity index (χ0v) is 21.7. The van der Waals surface area contributed by atoms with Crippen LogP contribution < -0.4 is 16.3 Å². The number of H-pyrrole nitrogens is 1. The summed E-state index contributed by atoms with van der Waals surface area (Å²) in [7, 11) is 0. The molecule has 6 rings (SSSR count). The Labute approximate surface area is 230 Å². The summed E-state index contributed by atoms with van der Waals surface area (Å²) in [5, 5.41) is 4.37. The Hall–Kier alpha value is -4.89. The lowest BCUT2D eigenvalue weighted by atomic mass is 9.97. The average Bonchev–Trinajstić information content (AvgIpc) is 2.94. The summed E-state index contributed by atoms with van der Waals surface area (Å²) in [6.07, 6.45) is 2.82. The largest absolute Gasteiger partial charge is 0.361 e. The second-order valence-corrected chi connectivity index (χ2v) is 9.59. The van der Waals surface area contributed by atoms with Crippen molar-refractivity contribution in [1.82, 2.24) is 19.5 Å². The zero-order valence-electron chi connectivity index (χ0n) is 21.0. The molecule has 3 aromatic heterocycles. The van der Waals surface area contributed by atoms with Crippen LogP contribution in [-0.4, -0.2) is 19.5 Å². The van der Waals surface area contributed by atoms with E-state index in [0.717, 1.165) is 6.07 Å². The molecule has 0 radical (unpaired) electrons. The van der Waals surface area contributed by atoms with Crippen molar-refractivity contribution in [3.8, 4) is 16.8 Å². The minimum Gasteiger partial charge on any atom is -0.361 e. The van der Waals surface area contributed by atoms with E-state index in [9.17, 15) is 18.4 Å². The van der Waals surface area contributed by atoms with Gasteiger partial charge >= 0.3 is 0 Å². The number of para-hydroxylation sites is 1. The smallest absolute Gasteiger partial charge is 0.263 e. The topological polar surface area (TPSA) is 92.7 Å². The molecule has 0 saturated carbocycles. The van der Waals surface area contributed by atoms with Gasteiger partial charge in [0.2, 0.25) is 0 Å². The fourth-order valence-corrected chi connectivity index (χ4v) is 5.39. The molecule has 0 amide bonds. The van der Waals surface area contributed by atoms with E-state index in [1.165, 1.54) is 35.3 Å². The fourth-order valence-electron chi connectivity index (χ4n) is 4.98. The lowest BCUT2D eigenvalue weighted by Gasteiger charge is -2.24. The summed E-state index contributed by atoms with van der Waals surface area (Å²) in [5.41, 5.74) is 1.14. The number of aromatic amines is 1. The molecule has 1 atom stereocenters. The number of pyridine rings is 2. The molecule has 0 saturated heterocycles. The summed E-state index contributed by atoms with van der Waals surface area (Å²) < 4.78 is 29.8. The lowest BCUT2D eigenvalue weighted by molar-refractivity contribution is 0.584.